The van der Waals surface area contributed by atoms with E-state index in [0.717, 1.165) is 67.3 Å². The van der Waals surface area contributed by atoms with Gasteiger partial charge in [-0.3, -0.25) is 9.52 Å². The molecule has 2 saturated heterocycles. The van der Waals surface area contributed by atoms with Gasteiger partial charge in [0.15, 0.2) is 0 Å². The van der Waals surface area contributed by atoms with Gasteiger partial charge >= 0.3 is 6.18 Å². The Bertz CT molecular complexity index is 2810. The van der Waals surface area contributed by atoms with E-state index in [2.05, 4.69) is 36.9 Å². The summed E-state index contributed by atoms with van der Waals surface area (Å²) in [5.41, 5.74) is 5.55. The van der Waals surface area contributed by atoms with E-state index < -0.39 is 22.0 Å². The van der Waals surface area contributed by atoms with Gasteiger partial charge in [-0.05, 0) is 129 Å². The molecule has 5 aromatic carbocycles. The molecule has 0 bridgehead atoms. The third kappa shape index (κ3) is 11.5. The van der Waals surface area contributed by atoms with Gasteiger partial charge in [0.25, 0.3) is 15.8 Å². The topological polar surface area (TPSA) is 110 Å². The third-order valence-electron chi connectivity index (χ3n) is 13.0. The summed E-state index contributed by atoms with van der Waals surface area (Å²) >= 11 is 7.95. The summed E-state index contributed by atoms with van der Waals surface area (Å²) in [7, 11) is -2.24. The molecule has 2 fully saturated rings. The number of rotatable bonds is 16. The number of anilines is 4. The molecule has 10 nitrogen and oxygen atoms in total. The van der Waals surface area contributed by atoms with Crippen LogP contribution in [0.2, 0.25) is 5.02 Å². The summed E-state index contributed by atoms with van der Waals surface area (Å²) in [6, 6.07) is 37.0. The smallest absolute Gasteiger partial charge is 0.393 e. The second kappa shape index (κ2) is 21.0. The standard InChI is InChI=1S/C52H56ClF3N6O4S2/c1-35-32-46(20-21-47(35)57-41(34-67-45-10-5-4-6-11-45)22-25-60-26-23-44(63)24-27-60)68(65,66)58-40-16-18-42(19-17-40)61-28-30-62(31-29-61)43-9-7-8-38(33-43)49-48(51(64)52(54,55)56)36(2)59(3)50(49)37-12-14-39(53)15-13-37/h4-21,32-33,41,44,57-58,63H,22-31,34H2,1-3H3/t41-/m1/s1. The Balaban J connectivity index is 0.909. The molecular weight excluding hydrogens is 929 g/mol. The van der Waals surface area contributed by atoms with Crippen LogP contribution in [-0.4, -0.2) is 98.7 Å². The number of aliphatic hydroxyl groups is 1. The number of nitrogens with one attached hydrogen (secondary N) is 2. The summed E-state index contributed by atoms with van der Waals surface area (Å²) in [6.45, 7) is 8.63. The Labute approximate surface area is 406 Å². The molecule has 2 aliphatic heterocycles. The molecule has 1 atom stereocenters. The zero-order valence-corrected chi connectivity index (χ0v) is 40.7. The number of benzene rings is 5. The number of piperazine rings is 1. The molecule has 2 aliphatic rings. The van der Waals surface area contributed by atoms with E-state index in [0.29, 0.717) is 53.7 Å². The monoisotopic (exact) mass is 984 g/mol. The van der Waals surface area contributed by atoms with E-state index in [1.165, 1.54) is 11.8 Å². The molecule has 1 aromatic heterocycles. The predicted octanol–water partition coefficient (Wildman–Crippen LogP) is 10.9. The maximum atomic E-state index is 14.1. The Morgan fingerprint density at radius 2 is 1.47 bits per heavy atom. The molecule has 358 valence electrons. The van der Waals surface area contributed by atoms with Crippen LogP contribution in [0.1, 0.15) is 40.9 Å². The van der Waals surface area contributed by atoms with Crippen molar-refractivity contribution >= 4 is 61.9 Å². The number of sulfonamides is 1. The quantitative estimate of drug-likeness (QED) is 0.0645. The van der Waals surface area contributed by atoms with Crippen molar-refractivity contribution in [2.45, 2.75) is 61.2 Å². The number of halogens is 4. The largest absolute Gasteiger partial charge is 0.454 e. The molecule has 16 heteroatoms. The first-order valence-electron chi connectivity index (χ1n) is 22.8. The normalized spacial score (nSPS) is 15.6. The first kappa shape index (κ1) is 49.0. The summed E-state index contributed by atoms with van der Waals surface area (Å²) < 4.78 is 74.0. The number of hydrogen-bond acceptors (Lipinski definition) is 9. The highest BCUT2D eigenvalue weighted by atomic mass is 35.5. The molecule has 0 unspecified atom stereocenters. The van der Waals surface area contributed by atoms with Gasteiger partial charge in [0.05, 0.1) is 22.3 Å². The lowest BCUT2D eigenvalue weighted by Gasteiger charge is -2.37. The molecule has 0 spiro atoms. The maximum absolute atomic E-state index is 14.1. The maximum Gasteiger partial charge on any atom is 0.454 e. The molecule has 8 rings (SSSR count). The van der Waals surface area contributed by atoms with Crippen molar-refractivity contribution in [1.29, 1.82) is 0 Å². The van der Waals surface area contributed by atoms with E-state index in [4.69, 9.17) is 11.6 Å². The van der Waals surface area contributed by atoms with Gasteiger partial charge in [0.2, 0.25) is 0 Å². The molecular formula is C52H56ClF3N6O4S2. The van der Waals surface area contributed by atoms with E-state index in [1.807, 2.05) is 55.5 Å². The Morgan fingerprint density at radius 1 is 0.809 bits per heavy atom. The van der Waals surface area contributed by atoms with Gasteiger partial charge in [-0.25, -0.2) is 8.42 Å². The summed E-state index contributed by atoms with van der Waals surface area (Å²) in [5.74, 6) is -1.05. The number of aromatic nitrogens is 1. The first-order valence-corrected chi connectivity index (χ1v) is 25.6. The number of ketones is 1. The van der Waals surface area contributed by atoms with Crippen LogP contribution in [0.15, 0.2) is 131 Å². The molecule has 3 heterocycles. The lowest BCUT2D eigenvalue weighted by Crippen LogP contribution is -2.46. The Morgan fingerprint density at radius 3 is 2.12 bits per heavy atom. The molecule has 6 aromatic rings. The van der Waals surface area contributed by atoms with Gasteiger partial charge in [-0.15, -0.1) is 11.8 Å². The average Bonchev–Trinajstić information content (AvgIpc) is 3.59. The van der Waals surface area contributed by atoms with Crippen LogP contribution in [0.5, 0.6) is 0 Å². The van der Waals surface area contributed by atoms with Gasteiger partial charge in [0, 0.05) is 109 Å². The highest BCUT2D eigenvalue weighted by Gasteiger charge is 2.43. The van der Waals surface area contributed by atoms with Crippen LogP contribution >= 0.6 is 23.4 Å². The van der Waals surface area contributed by atoms with Gasteiger partial charge in [-0.2, -0.15) is 13.2 Å². The van der Waals surface area contributed by atoms with E-state index in [1.54, 1.807) is 84.0 Å². The lowest BCUT2D eigenvalue weighted by molar-refractivity contribution is -0.0885. The van der Waals surface area contributed by atoms with Crippen molar-refractivity contribution in [3.05, 3.63) is 143 Å². The highest BCUT2D eigenvalue weighted by molar-refractivity contribution is 7.99. The lowest BCUT2D eigenvalue weighted by atomic mass is 9.94. The van der Waals surface area contributed by atoms with Crippen LogP contribution in [0.3, 0.4) is 0 Å². The van der Waals surface area contributed by atoms with Crippen molar-refractivity contribution in [2.75, 3.05) is 71.4 Å². The fourth-order valence-corrected chi connectivity index (χ4v) is 11.3. The molecule has 0 saturated carbocycles. The number of aryl methyl sites for hydroxylation is 1. The van der Waals surface area contributed by atoms with Crippen molar-refractivity contribution in [2.24, 2.45) is 7.05 Å². The van der Waals surface area contributed by atoms with E-state index in [9.17, 15) is 31.5 Å². The molecule has 0 amide bonds. The van der Waals surface area contributed by atoms with E-state index in [-0.39, 0.29) is 33.9 Å². The minimum absolute atomic E-state index is 0.133. The summed E-state index contributed by atoms with van der Waals surface area (Å²) in [5, 5.41) is 14.2. The van der Waals surface area contributed by atoms with Crippen molar-refractivity contribution in [3.8, 4) is 22.4 Å². The van der Waals surface area contributed by atoms with Crippen molar-refractivity contribution < 1.29 is 31.5 Å². The molecule has 0 aliphatic carbocycles. The van der Waals surface area contributed by atoms with E-state index >= 15 is 0 Å². The second-order valence-electron chi connectivity index (χ2n) is 17.6. The number of Topliss-reactive ketones (excluding diaryl/α,β-unsaturated/α-hetero) is 1. The number of hydrogen-bond donors (Lipinski definition) is 3. The molecule has 0 radical (unpaired) electrons. The van der Waals surface area contributed by atoms with Crippen LogP contribution < -0.4 is 19.8 Å². The Hall–Kier alpha value is -5.45. The van der Waals surface area contributed by atoms with Crippen molar-refractivity contribution in [1.82, 2.24) is 9.47 Å². The zero-order valence-electron chi connectivity index (χ0n) is 38.3. The number of aliphatic hydroxyl groups excluding tert-OH is 1. The number of piperidine rings is 1. The number of carbonyl (C=O) groups is 1. The minimum Gasteiger partial charge on any atom is -0.393 e. The molecule has 68 heavy (non-hydrogen) atoms. The Kier molecular flexibility index (Phi) is 15.2. The van der Waals surface area contributed by atoms with Crippen LogP contribution in [0.25, 0.3) is 22.4 Å². The highest BCUT2D eigenvalue weighted by Crippen LogP contribution is 2.42. The van der Waals surface area contributed by atoms with Crippen molar-refractivity contribution in [3.63, 3.8) is 0 Å². The summed E-state index contributed by atoms with van der Waals surface area (Å²) in [6.07, 6.45) is -2.80. The zero-order chi connectivity index (χ0) is 48.2. The molecule has 3 N–H and O–H groups in total. The van der Waals surface area contributed by atoms with Gasteiger partial charge in [-0.1, -0.05) is 54.1 Å². The van der Waals surface area contributed by atoms with Gasteiger partial charge < -0.3 is 29.7 Å². The second-order valence-corrected chi connectivity index (χ2v) is 20.8. The number of nitrogens with zero attached hydrogens (tertiary/aromatic N) is 4. The minimum atomic E-state index is -5.06. The van der Waals surface area contributed by atoms with Crippen LogP contribution in [0.4, 0.5) is 35.9 Å². The average molecular weight is 986 g/mol. The number of thioether (sulfide) groups is 1. The third-order valence-corrected chi connectivity index (χ3v) is 15.8. The SMILES string of the molecule is Cc1cc(S(=O)(=O)Nc2ccc(N3CCN(c4cccc(-c5c(C(=O)C(F)(F)F)c(C)n(C)c5-c5ccc(Cl)cc5)c4)CC3)cc2)ccc1N[C@H](CCN1CCC(O)CC1)CSc1ccccc1. The first-order chi connectivity index (χ1) is 32.5. The number of alkyl halides is 3. The predicted molar refractivity (Wildman–Crippen MR) is 270 cm³/mol. The van der Waals surface area contributed by atoms with Gasteiger partial charge in [0.1, 0.15) is 0 Å². The van der Waals surface area contributed by atoms with Crippen LogP contribution in [0, 0.1) is 13.8 Å². The fourth-order valence-electron chi connectivity index (χ4n) is 9.06. The number of carbonyl (C=O) groups excluding carboxylic acids is 1. The fraction of sp³-hybridized carbons (Fsp3) is 0.327. The van der Waals surface area contributed by atoms with Crippen LogP contribution in [-0.2, 0) is 17.1 Å². The number of likely N-dealkylation sites (tertiary alicyclic amines) is 1. The summed E-state index contributed by atoms with van der Waals surface area (Å²) in [4.78, 5) is 21.1.